The zero-order valence-electron chi connectivity index (χ0n) is 16.3. The highest BCUT2D eigenvalue weighted by Gasteiger charge is 2.10. The first-order chi connectivity index (χ1) is 13.5. The van der Waals surface area contributed by atoms with Gasteiger partial charge < -0.3 is 15.2 Å². The molecule has 4 rings (SSSR count). The number of hydrogen-bond donors (Lipinski definition) is 2. The SMILES string of the molecule is Cc1ccc(NC(=O)c2cccc(N(C)C)c2)cc1-c1ccc2[nH]ccc2c1. The molecule has 0 fully saturated rings. The first-order valence-corrected chi connectivity index (χ1v) is 9.28. The minimum Gasteiger partial charge on any atom is -0.378 e. The summed E-state index contributed by atoms with van der Waals surface area (Å²) in [6.45, 7) is 2.09. The van der Waals surface area contributed by atoms with Gasteiger partial charge in [0.2, 0.25) is 0 Å². The number of benzene rings is 3. The van der Waals surface area contributed by atoms with Crippen LogP contribution in [0.15, 0.2) is 72.9 Å². The molecule has 4 aromatic rings. The average Bonchev–Trinajstić information content (AvgIpc) is 3.17. The van der Waals surface area contributed by atoms with Crippen LogP contribution in [0.1, 0.15) is 15.9 Å². The third-order valence-corrected chi connectivity index (χ3v) is 4.98. The Bertz CT molecular complexity index is 1160. The van der Waals surface area contributed by atoms with Crippen LogP contribution in [0.25, 0.3) is 22.0 Å². The number of carbonyl (C=O) groups excluding carboxylic acids is 1. The Morgan fingerprint density at radius 2 is 1.82 bits per heavy atom. The number of rotatable bonds is 4. The Hall–Kier alpha value is -3.53. The monoisotopic (exact) mass is 369 g/mol. The molecule has 3 aromatic carbocycles. The van der Waals surface area contributed by atoms with Crippen molar-refractivity contribution in [2.24, 2.45) is 0 Å². The molecule has 0 aliphatic carbocycles. The van der Waals surface area contributed by atoms with Gasteiger partial charge in [-0.15, -0.1) is 0 Å². The minimum atomic E-state index is -0.111. The maximum Gasteiger partial charge on any atom is 0.255 e. The van der Waals surface area contributed by atoms with Crippen LogP contribution in [-0.4, -0.2) is 25.0 Å². The molecule has 0 aliphatic heterocycles. The van der Waals surface area contributed by atoms with E-state index in [1.54, 1.807) is 0 Å². The fraction of sp³-hybridized carbons (Fsp3) is 0.125. The van der Waals surface area contributed by atoms with Gasteiger partial charge in [-0.1, -0.05) is 18.2 Å². The van der Waals surface area contributed by atoms with Crippen molar-refractivity contribution in [1.29, 1.82) is 0 Å². The summed E-state index contributed by atoms with van der Waals surface area (Å²) in [5.41, 5.74) is 6.96. The average molecular weight is 369 g/mol. The van der Waals surface area contributed by atoms with Crippen molar-refractivity contribution in [1.82, 2.24) is 4.98 Å². The van der Waals surface area contributed by atoms with Crippen molar-refractivity contribution in [2.75, 3.05) is 24.3 Å². The molecule has 28 heavy (non-hydrogen) atoms. The molecule has 2 N–H and O–H groups in total. The third-order valence-electron chi connectivity index (χ3n) is 4.98. The molecule has 1 aromatic heterocycles. The lowest BCUT2D eigenvalue weighted by molar-refractivity contribution is 0.102. The van der Waals surface area contributed by atoms with Crippen LogP contribution in [0.3, 0.4) is 0 Å². The lowest BCUT2D eigenvalue weighted by Gasteiger charge is -2.14. The van der Waals surface area contributed by atoms with Crippen LogP contribution in [0.5, 0.6) is 0 Å². The van der Waals surface area contributed by atoms with Gasteiger partial charge in [0.05, 0.1) is 0 Å². The highest BCUT2D eigenvalue weighted by atomic mass is 16.1. The molecule has 0 unspecified atom stereocenters. The Balaban J connectivity index is 1.63. The van der Waals surface area contributed by atoms with Crippen LogP contribution < -0.4 is 10.2 Å². The van der Waals surface area contributed by atoms with Crippen LogP contribution in [0.4, 0.5) is 11.4 Å². The van der Waals surface area contributed by atoms with Crippen LogP contribution in [-0.2, 0) is 0 Å². The third kappa shape index (κ3) is 3.49. The van der Waals surface area contributed by atoms with Gasteiger partial charge in [0, 0.05) is 42.7 Å². The molecule has 0 spiro atoms. The largest absolute Gasteiger partial charge is 0.378 e. The molecule has 0 aliphatic rings. The second kappa shape index (κ2) is 7.24. The quantitative estimate of drug-likeness (QED) is 0.502. The van der Waals surface area contributed by atoms with Crippen molar-refractivity contribution in [3.63, 3.8) is 0 Å². The first-order valence-electron chi connectivity index (χ1n) is 9.28. The van der Waals surface area contributed by atoms with E-state index in [1.165, 1.54) is 10.9 Å². The maximum absolute atomic E-state index is 12.7. The molecule has 0 bridgehead atoms. The number of hydrogen-bond acceptors (Lipinski definition) is 2. The molecular formula is C24H23N3O. The second-order valence-corrected chi connectivity index (χ2v) is 7.21. The Morgan fingerprint density at radius 1 is 0.964 bits per heavy atom. The van der Waals surface area contributed by atoms with E-state index in [0.29, 0.717) is 5.56 Å². The summed E-state index contributed by atoms with van der Waals surface area (Å²) in [5.74, 6) is -0.111. The summed E-state index contributed by atoms with van der Waals surface area (Å²) in [5, 5.41) is 4.20. The highest BCUT2D eigenvalue weighted by molar-refractivity contribution is 6.05. The number of aryl methyl sites for hydroxylation is 1. The van der Waals surface area contributed by atoms with E-state index in [2.05, 4.69) is 41.5 Å². The van der Waals surface area contributed by atoms with Crippen molar-refractivity contribution in [3.05, 3.63) is 84.1 Å². The molecular weight excluding hydrogens is 346 g/mol. The molecule has 0 saturated carbocycles. The lowest BCUT2D eigenvalue weighted by atomic mass is 9.98. The fourth-order valence-corrected chi connectivity index (χ4v) is 3.36. The van der Waals surface area contributed by atoms with Gasteiger partial charge in [-0.05, 0) is 77.5 Å². The molecule has 0 radical (unpaired) electrons. The standard InChI is InChI=1S/C24H23N3O/c1-16-7-9-20(26-24(28)19-5-4-6-21(14-19)27(2)3)15-22(16)17-8-10-23-18(13-17)11-12-25-23/h4-15,25H,1-3H3,(H,26,28). The normalized spacial score (nSPS) is 10.8. The van der Waals surface area contributed by atoms with E-state index < -0.39 is 0 Å². The highest BCUT2D eigenvalue weighted by Crippen LogP contribution is 2.29. The Labute approximate surface area is 164 Å². The summed E-state index contributed by atoms with van der Waals surface area (Å²) in [6.07, 6.45) is 1.94. The van der Waals surface area contributed by atoms with Gasteiger partial charge in [-0.25, -0.2) is 0 Å². The van der Waals surface area contributed by atoms with E-state index in [9.17, 15) is 4.79 Å². The van der Waals surface area contributed by atoms with Gasteiger partial charge in [0.25, 0.3) is 5.91 Å². The number of carbonyl (C=O) groups is 1. The van der Waals surface area contributed by atoms with Crippen molar-refractivity contribution in [3.8, 4) is 11.1 Å². The van der Waals surface area contributed by atoms with Crippen LogP contribution in [0.2, 0.25) is 0 Å². The van der Waals surface area contributed by atoms with E-state index >= 15 is 0 Å². The Morgan fingerprint density at radius 3 is 2.64 bits per heavy atom. The van der Waals surface area contributed by atoms with E-state index in [1.807, 2.05) is 67.7 Å². The van der Waals surface area contributed by atoms with Gasteiger partial charge in [0.1, 0.15) is 0 Å². The van der Waals surface area contributed by atoms with Gasteiger partial charge in [-0.3, -0.25) is 4.79 Å². The summed E-state index contributed by atoms with van der Waals surface area (Å²) in [7, 11) is 3.93. The lowest BCUT2D eigenvalue weighted by Crippen LogP contribution is -2.14. The van der Waals surface area contributed by atoms with Crippen LogP contribution in [0, 0.1) is 6.92 Å². The number of H-pyrrole nitrogens is 1. The van der Waals surface area contributed by atoms with Crippen molar-refractivity contribution >= 4 is 28.2 Å². The summed E-state index contributed by atoms with van der Waals surface area (Å²) in [4.78, 5) is 17.9. The number of amides is 1. The van der Waals surface area contributed by atoms with E-state index in [-0.39, 0.29) is 5.91 Å². The predicted octanol–water partition coefficient (Wildman–Crippen LogP) is 5.46. The second-order valence-electron chi connectivity index (χ2n) is 7.21. The summed E-state index contributed by atoms with van der Waals surface area (Å²) < 4.78 is 0. The number of nitrogens with zero attached hydrogens (tertiary/aromatic N) is 1. The van der Waals surface area contributed by atoms with Crippen LogP contribution >= 0.6 is 0 Å². The Kier molecular flexibility index (Phi) is 4.62. The number of fused-ring (bicyclic) bond motifs is 1. The number of aromatic nitrogens is 1. The zero-order chi connectivity index (χ0) is 19.7. The van der Waals surface area contributed by atoms with Gasteiger partial charge in [0.15, 0.2) is 0 Å². The molecule has 1 amide bonds. The first kappa shape index (κ1) is 17.9. The topological polar surface area (TPSA) is 48.1 Å². The van der Waals surface area contributed by atoms with Crippen molar-refractivity contribution < 1.29 is 4.79 Å². The smallest absolute Gasteiger partial charge is 0.255 e. The number of aromatic amines is 1. The molecule has 4 nitrogen and oxygen atoms in total. The maximum atomic E-state index is 12.7. The molecule has 0 atom stereocenters. The van der Waals surface area contributed by atoms with Gasteiger partial charge >= 0.3 is 0 Å². The van der Waals surface area contributed by atoms with Crippen molar-refractivity contribution in [2.45, 2.75) is 6.92 Å². The molecule has 0 saturated heterocycles. The molecule has 4 heteroatoms. The zero-order valence-corrected chi connectivity index (χ0v) is 16.3. The summed E-state index contributed by atoms with van der Waals surface area (Å²) >= 11 is 0. The summed E-state index contributed by atoms with van der Waals surface area (Å²) in [6, 6.07) is 22.1. The number of nitrogens with one attached hydrogen (secondary N) is 2. The number of anilines is 2. The van der Waals surface area contributed by atoms with E-state index in [4.69, 9.17) is 0 Å². The fourth-order valence-electron chi connectivity index (χ4n) is 3.36. The van der Waals surface area contributed by atoms with E-state index in [0.717, 1.165) is 28.0 Å². The molecule has 1 heterocycles. The molecule has 140 valence electrons. The minimum absolute atomic E-state index is 0.111. The predicted molar refractivity (Wildman–Crippen MR) is 117 cm³/mol. The van der Waals surface area contributed by atoms with Gasteiger partial charge in [-0.2, -0.15) is 0 Å².